The molecule has 0 aliphatic carbocycles. The van der Waals surface area contributed by atoms with Crippen LogP contribution in [-0.4, -0.2) is 59.4 Å². The molecule has 1 fully saturated rings. The van der Waals surface area contributed by atoms with Crippen molar-refractivity contribution in [2.45, 2.75) is 52.0 Å². The lowest BCUT2D eigenvalue weighted by Crippen LogP contribution is -2.36. The zero-order valence-electron chi connectivity index (χ0n) is 17.9. The van der Waals surface area contributed by atoms with Crippen LogP contribution in [0.5, 0.6) is 0 Å². The number of carbonyl (C=O) groups excluding carboxylic acids is 2. The zero-order valence-corrected chi connectivity index (χ0v) is 17.9. The van der Waals surface area contributed by atoms with Gasteiger partial charge in [-0.15, -0.1) is 0 Å². The monoisotopic (exact) mass is 409 g/mol. The number of carbonyl (C=O) groups is 2. The van der Waals surface area contributed by atoms with Gasteiger partial charge in [0.05, 0.1) is 11.1 Å². The van der Waals surface area contributed by atoms with E-state index < -0.39 is 5.97 Å². The molecule has 0 N–H and O–H groups in total. The number of aromatic nitrogens is 1. The highest BCUT2D eigenvalue weighted by atomic mass is 16.5. The summed E-state index contributed by atoms with van der Waals surface area (Å²) in [5.74, 6) is -0.503. The van der Waals surface area contributed by atoms with Crippen LogP contribution in [0.4, 0.5) is 0 Å². The Bertz CT molecular complexity index is 919. The van der Waals surface area contributed by atoms with Gasteiger partial charge in [0.1, 0.15) is 0 Å². The largest absolute Gasteiger partial charge is 0.452 e. The SMILES string of the molecule is CCCN1CCc2nc3ccccc3c(C(=O)OCC(=O)N3CCCCCC3)c2C1. The van der Waals surface area contributed by atoms with Gasteiger partial charge in [-0.2, -0.15) is 0 Å². The van der Waals surface area contributed by atoms with Gasteiger partial charge in [-0.05, 0) is 31.9 Å². The highest BCUT2D eigenvalue weighted by Gasteiger charge is 2.27. The summed E-state index contributed by atoms with van der Waals surface area (Å²) in [7, 11) is 0. The van der Waals surface area contributed by atoms with Crippen LogP contribution < -0.4 is 0 Å². The van der Waals surface area contributed by atoms with Gasteiger partial charge in [-0.3, -0.25) is 14.7 Å². The average molecular weight is 410 g/mol. The normalized spacial score (nSPS) is 17.4. The van der Waals surface area contributed by atoms with Crippen molar-refractivity contribution in [3.05, 3.63) is 41.1 Å². The lowest BCUT2D eigenvalue weighted by atomic mass is 9.95. The van der Waals surface area contributed by atoms with Crippen LogP contribution in [0.25, 0.3) is 10.9 Å². The molecule has 160 valence electrons. The first-order valence-corrected chi connectivity index (χ1v) is 11.2. The van der Waals surface area contributed by atoms with Crippen molar-refractivity contribution in [3.63, 3.8) is 0 Å². The number of likely N-dealkylation sites (tertiary alicyclic amines) is 1. The molecule has 2 aliphatic rings. The molecule has 4 rings (SSSR count). The van der Waals surface area contributed by atoms with Gasteiger partial charge >= 0.3 is 5.97 Å². The van der Waals surface area contributed by atoms with Crippen molar-refractivity contribution >= 4 is 22.8 Å². The van der Waals surface area contributed by atoms with Crippen molar-refractivity contribution < 1.29 is 14.3 Å². The van der Waals surface area contributed by atoms with E-state index in [-0.39, 0.29) is 12.5 Å². The first-order chi connectivity index (χ1) is 14.7. The number of pyridine rings is 1. The molecule has 0 spiro atoms. The molecule has 2 aliphatic heterocycles. The summed E-state index contributed by atoms with van der Waals surface area (Å²) in [5.41, 5.74) is 3.33. The maximum absolute atomic E-state index is 13.2. The number of hydrogen-bond acceptors (Lipinski definition) is 5. The smallest absolute Gasteiger partial charge is 0.339 e. The second-order valence-corrected chi connectivity index (χ2v) is 8.33. The molecule has 1 aromatic heterocycles. The third-order valence-electron chi connectivity index (χ3n) is 6.15. The van der Waals surface area contributed by atoms with Gasteiger partial charge < -0.3 is 9.64 Å². The van der Waals surface area contributed by atoms with Gasteiger partial charge in [0.15, 0.2) is 6.61 Å². The summed E-state index contributed by atoms with van der Waals surface area (Å²) < 4.78 is 5.58. The number of benzene rings is 1. The number of para-hydroxylation sites is 1. The minimum Gasteiger partial charge on any atom is -0.452 e. The fraction of sp³-hybridized carbons (Fsp3) is 0.542. The number of nitrogens with zero attached hydrogens (tertiary/aromatic N) is 3. The molecule has 1 saturated heterocycles. The first kappa shape index (κ1) is 20.8. The van der Waals surface area contributed by atoms with Crippen LogP contribution in [0.3, 0.4) is 0 Å². The molecule has 2 aromatic rings. The second kappa shape index (κ2) is 9.56. The van der Waals surface area contributed by atoms with Crippen LogP contribution in [0.2, 0.25) is 0 Å². The van der Waals surface area contributed by atoms with E-state index in [9.17, 15) is 9.59 Å². The van der Waals surface area contributed by atoms with E-state index in [1.807, 2.05) is 29.2 Å². The molecule has 1 amide bonds. The molecule has 3 heterocycles. The quantitative estimate of drug-likeness (QED) is 0.707. The van der Waals surface area contributed by atoms with E-state index in [1.165, 1.54) is 0 Å². The Morgan fingerprint density at radius 3 is 2.60 bits per heavy atom. The predicted molar refractivity (Wildman–Crippen MR) is 116 cm³/mol. The molecular formula is C24H31N3O3. The van der Waals surface area contributed by atoms with E-state index >= 15 is 0 Å². The molecule has 0 radical (unpaired) electrons. The number of rotatable bonds is 5. The van der Waals surface area contributed by atoms with Gasteiger partial charge in [0, 0.05) is 49.2 Å². The maximum Gasteiger partial charge on any atom is 0.339 e. The van der Waals surface area contributed by atoms with Gasteiger partial charge in [0.25, 0.3) is 5.91 Å². The van der Waals surface area contributed by atoms with Crippen molar-refractivity contribution in [1.82, 2.24) is 14.8 Å². The predicted octanol–water partition coefficient (Wildman–Crippen LogP) is 3.56. The molecule has 30 heavy (non-hydrogen) atoms. The molecule has 6 heteroatoms. The Kier molecular flexibility index (Phi) is 6.62. The number of hydrogen-bond donors (Lipinski definition) is 0. The fourth-order valence-electron chi connectivity index (χ4n) is 4.60. The molecule has 1 aromatic carbocycles. The molecule has 0 saturated carbocycles. The van der Waals surface area contributed by atoms with Crippen LogP contribution in [0.1, 0.15) is 60.6 Å². The van der Waals surface area contributed by atoms with Crippen molar-refractivity contribution in [2.24, 2.45) is 0 Å². The summed E-state index contributed by atoms with van der Waals surface area (Å²) in [6.07, 6.45) is 6.26. The molecule has 0 unspecified atom stereocenters. The Morgan fingerprint density at radius 2 is 1.83 bits per heavy atom. The first-order valence-electron chi connectivity index (χ1n) is 11.2. The lowest BCUT2D eigenvalue weighted by Gasteiger charge is -2.29. The zero-order chi connectivity index (χ0) is 20.9. The van der Waals surface area contributed by atoms with Gasteiger partial charge in [-0.25, -0.2) is 4.79 Å². The van der Waals surface area contributed by atoms with Crippen molar-refractivity contribution in [1.29, 1.82) is 0 Å². The number of ether oxygens (including phenoxy) is 1. The maximum atomic E-state index is 13.2. The number of fused-ring (bicyclic) bond motifs is 2. The van der Waals surface area contributed by atoms with Crippen LogP contribution in [0, 0.1) is 0 Å². The molecule has 0 bridgehead atoms. The summed E-state index contributed by atoms with van der Waals surface area (Å²) in [6.45, 7) is 6.14. The molecule has 6 nitrogen and oxygen atoms in total. The Morgan fingerprint density at radius 1 is 1.07 bits per heavy atom. The second-order valence-electron chi connectivity index (χ2n) is 8.33. The minimum absolute atomic E-state index is 0.0925. The summed E-state index contributed by atoms with van der Waals surface area (Å²) >= 11 is 0. The highest BCUT2D eigenvalue weighted by Crippen LogP contribution is 2.29. The Labute approximate surface area is 178 Å². The number of esters is 1. The minimum atomic E-state index is -0.411. The Balaban J connectivity index is 1.58. The summed E-state index contributed by atoms with van der Waals surface area (Å²) in [6, 6.07) is 7.72. The third kappa shape index (κ3) is 4.48. The van der Waals surface area contributed by atoms with Crippen molar-refractivity contribution in [3.8, 4) is 0 Å². The van der Waals surface area contributed by atoms with Crippen LogP contribution >= 0.6 is 0 Å². The molecular weight excluding hydrogens is 378 g/mol. The van der Waals surface area contributed by atoms with E-state index in [1.54, 1.807) is 0 Å². The lowest BCUT2D eigenvalue weighted by molar-refractivity contribution is -0.134. The Hall–Kier alpha value is -2.47. The average Bonchev–Trinajstić information content (AvgIpc) is 3.05. The van der Waals surface area contributed by atoms with Crippen molar-refractivity contribution in [2.75, 3.05) is 32.8 Å². The third-order valence-corrected chi connectivity index (χ3v) is 6.15. The fourth-order valence-corrected chi connectivity index (χ4v) is 4.60. The standard InChI is InChI=1S/C24H31N3O3/c1-2-12-26-15-11-21-19(16-26)23(18-9-5-6-10-20(18)25-21)24(29)30-17-22(28)27-13-7-3-4-8-14-27/h5-6,9-10H,2-4,7-8,11-17H2,1H3. The van der Waals surface area contributed by atoms with E-state index in [0.29, 0.717) is 12.1 Å². The number of amides is 1. The summed E-state index contributed by atoms with van der Waals surface area (Å²) in [4.78, 5) is 34.8. The van der Waals surface area contributed by atoms with Gasteiger partial charge in [-0.1, -0.05) is 38.0 Å². The topological polar surface area (TPSA) is 62.7 Å². The molecule has 0 atom stereocenters. The summed E-state index contributed by atoms with van der Waals surface area (Å²) in [5, 5.41) is 0.807. The van der Waals surface area contributed by atoms with Gasteiger partial charge in [0.2, 0.25) is 0 Å². The van der Waals surface area contributed by atoms with Crippen LogP contribution in [-0.2, 0) is 22.5 Å². The van der Waals surface area contributed by atoms with E-state index in [4.69, 9.17) is 9.72 Å². The van der Waals surface area contributed by atoms with Crippen LogP contribution in [0.15, 0.2) is 24.3 Å². The van der Waals surface area contributed by atoms with E-state index in [2.05, 4.69) is 11.8 Å². The van der Waals surface area contributed by atoms with E-state index in [0.717, 1.165) is 86.9 Å². The highest BCUT2D eigenvalue weighted by molar-refractivity contribution is 6.05.